The number of aliphatic hydroxyl groups excluding tert-OH is 1. The summed E-state index contributed by atoms with van der Waals surface area (Å²) < 4.78 is 28.6. The molecule has 1 unspecified atom stereocenters. The molecule has 1 rings (SSSR count). The van der Waals surface area contributed by atoms with Crippen LogP contribution in [0.5, 0.6) is 0 Å². The monoisotopic (exact) mass is 421 g/mol. The molecule has 0 spiro atoms. The molecule has 0 aromatic carbocycles. The largest absolute Gasteiger partial charge is 0.394 e. The van der Waals surface area contributed by atoms with Crippen molar-refractivity contribution in [3.8, 4) is 0 Å². The van der Waals surface area contributed by atoms with E-state index in [4.69, 9.17) is 19.7 Å². The Morgan fingerprint density at radius 1 is 1.36 bits per heavy atom. The summed E-state index contributed by atoms with van der Waals surface area (Å²) >= 11 is 0. The number of nitrogens with zero attached hydrogens (tertiary/aromatic N) is 2. The van der Waals surface area contributed by atoms with Crippen molar-refractivity contribution in [1.29, 1.82) is 0 Å². The number of carbonyl (C=O) groups is 1. The second-order valence-electron chi connectivity index (χ2n) is 6.13. The number of aromatic nitrogens is 2. The summed E-state index contributed by atoms with van der Waals surface area (Å²) in [6.45, 7) is 1.76. The number of aliphatic hydroxyl groups is 1. The molecular weight excluding hydrogens is 393 g/mol. The SMILES string of the molecule is CC(=O)CCCOCCCOP(=O)(O)CO[C@H](CO)Cn1ccc(N)nc1=O. The Kier molecular flexibility index (Phi) is 11.1. The molecule has 1 heterocycles. The first-order chi connectivity index (χ1) is 13.2. The summed E-state index contributed by atoms with van der Waals surface area (Å²) in [5.41, 5.74) is 4.78. The van der Waals surface area contributed by atoms with Gasteiger partial charge in [-0.05, 0) is 25.8 Å². The van der Waals surface area contributed by atoms with Crippen LogP contribution in [0.4, 0.5) is 5.82 Å². The van der Waals surface area contributed by atoms with Gasteiger partial charge in [-0.3, -0.25) is 9.13 Å². The third kappa shape index (κ3) is 10.6. The number of anilines is 1. The van der Waals surface area contributed by atoms with Gasteiger partial charge in [0.2, 0.25) is 0 Å². The summed E-state index contributed by atoms with van der Waals surface area (Å²) in [5.74, 6) is 0.172. The maximum absolute atomic E-state index is 12.0. The number of hydrogen-bond acceptors (Lipinski definition) is 9. The first-order valence-electron chi connectivity index (χ1n) is 8.82. The molecule has 12 heteroatoms. The highest BCUT2D eigenvalue weighted by Crippen LogP contribution is 2.42. The van der Waals surface area contributed by atoms with Gasteiger partial charge in [0.05, 0.1) is 25.9 Å². The van der Waals surface area contributed by atoms with E-state index in [1.807, 2.05) is 0 Å². The lowest BCUT2D eigenvalue weighted by Crippen LogP contribution is -2.32. The maximum atomic E-state index is 12.0. The smallest absolute Gasteiger partial charge is 0.353 e. The van der Waals surface area contributed by atoms with Gasteiger partial charge in [-0.25, -0.2) is 4.79 Å². The lowest BCUT2D eigenvalue weighted by molar-refractivity contribution is -0.117. The number of nitrogen functional groups attached to an aromatic ring is 1. The predicted octanol–water partition coefficient (Wildman–Crippen LogP) is 0.138. The van der Waals surface area contributed by atoms with Crippen molar-refractivity contribution in [2.45, 2.75) is 38.8 Å². The second-order valence-corrected chi connectivity index (χ2v) is 7.92. The van der Waals surface area contributed by atoms with Crippen LogP contribution in [0.1, 0.15) is 26.2 Å². The number of nitrogens with two attached hydrogens (primary N) is 1. The van der Waals surface area contributed by atoms with E-state index in [1.54, 1.807) is 0 Å². The number of hydrogen-bond donors (Lipinski definition) is 3. The van der Waals surface area contributed by atoms with E-state index < -0.39 is 32.3 Å². The molecule has 4 N–H and O–H groups in total. The maximum Gasteiger partial charge on any atom is 0.353 e. The van der Waals surface area contributed by atoms with Crippen LogP contribution in [-0.2, 0) is 29.9 Å². The van der Waals surface area contributed by atoms with Crippen LogP contribution in [0.3, 0.4) is 0 Å². The highest BCUT2D eigenvalue weighted by molar-refractivity contribution is 7.52. The Labute approximate surface area is 163 Å². The molecule has 11 nitrogen and oxygen atoms in total. The van der Waals surface area contributed by atoms with E-state index in [1.165, 1.54) is 23.8 Å². The van der Waals surface area contributed by atoms with E-state index in [2.05, 4.69) is 4.98 Å². The van der Waals surface area contributed by atoms with Crippen molar-refractivity contribution in [1.82, 2.24) is 9.55 Å². The summed E-state index contributed by atoms with van der Waals surface area (Å²) in [4.78, 5) is 35.8. The fourth-order valence-corrected chi connectivity index (χ4v) is 2.98. The zero-order valence-electron chi connectivity index (χ0n) is 15.9. The molecule has 1 aromatic rings. The summed E-state index contributed by atoms with van der Waals surface area (Å²) in [6.07, 6.45) is 1.37. The van der Waals surface area contributed by atoms with Gasteiger partial charge in [0.15, 0.2) is 0 Å². The molecule has 0 fully saturated rings. The highest BCUT2D eigenvalue weighted by atomic mass is 31.2. The average Bonchev–Trinajstić information content (AvgIpc) is 2.62. The summed E-state index contributed by atoms with van der Waals surface area (Å²) in [5, 5.41) is 9.35. The van der Waals surface area contributed by atoms with E-state index in [9.17, 15) is 24.2 Å². The third-order valence-electron chi connectivity index (χ3n) is 3.52. The van der Waals surface area contributed by atoms with Gasteiger partial charge >= 0.3 is 13.3 Å². The Balaban J connectivity index is 2.27. The van der Waals surface area contributed by atoms with Gasteiger partial charge in [0, 0.05) is 25.8 Å². The highest BCUT2D eigenvalue weighted by Gasteiger charge is 2.22. The first kappa shape index (κ1) is 24.4. The van der Waals surface area contributed by atoms with Crippen LogP contribution in [0, 0.1) is 0 Å². The van der Waals surface area contributed by atoms with E-state index >= 15 is 0 Å². The normalized spacial score (nSPS) is 14.5. The molecule has 0 bridgehead atoms. The Morgan fingerprint density at radius 2 is 2.07 bits per heavy atom. The van der Waals surface area contributed by atoms with Gasteiger partial charge in [-0.15, -0.1) is 0 Å². The molecule has 2 atom stereocenters. The summed E-state index contributed by atoms with van der Waals surface area (Å²) in [6, 6.07) is 1.41. The van der Waals surface area contributed by atoms with Crippen LogP contribution >= 0.6 is 7.60 Å². The molecule has 0 saturated carbocycles. The molecule has 0 aliphatic heterocycles. The molecule has 0 radical (unpaired) electrons. The van der Waals surface area contributed by atoms with Crippen LogP contribution in [0.15, 0.2) is 17.1 Å². The van der Waals surface area contributed by atoms with E-state index in [-0.39, 0.29) is 24.8 Å². The zero-order valence-corrected chi connectivity index (χ0v) is 16.8. The van der Waals surface area contributed by atoms with E-state index in [0.717, 1.165) is 0 Å². The minimum absolute atomic E-state index is 0.00498. The fourth-order valence-electron chi connectivity index (χ4n) is 2.09. The topological polar surface area (TPSA) is 163 Å². The molecule has 1 aromatic heterocycles. The van der Waals surface area contributed by atoms with Crippen molar-refractivity contribution in [3.05, 3.63) is 22.7 Å². The minimum atomic E-state index is -4.02. The Bertz CT molecular complexity index is 711. The lowest BCUT2D eigenvalue weighted by atomic mass is 10.2. The Morgan fingerprint density at radius 3 is 2.71 bits per heavy atom. The van der Waals surface area contributed by atoms with Gasteiger partial charge in [-0.1, -0.05) is 0 Å². The van der Waals surface area contributed by atoms with Gasteiger partial charge in [-0.2, -0.15) is 4.98 Å². The molecule has 160 valence electrons. The number of rotatable bonds is 15. The van der Waals surface area contributed by atoms with Gasteiger partial charge in [0.25, 0.3) is 0 Å². The predicted molar refractivity (Wildman–Crippen MR) is 101 cm³/mol. The second kappa shape index (κ2) is 12.8. The van der Waals surface area contributed by atoms with Crippen molar-refractivity contribution >= 4 is 19.2 Å². The standard InChI is InChI=1S/C16H28N3O8P/c1-13(21)4-2-7-25-8-3-9-27-28(23,24)12-26-14(11-20)10-19-6-5-15(17)18-16(19)22/h5-6,14,20H,2-4,7-12H2,1H3,(H,23,24)(H2,17,18,22)/t14-/m0/s1. The number of ketones is 1. The van der Waals surface area contributed by atoms with Crippen LogP contribution in [0.25, 0.3) is 0 Å². The Hall–Kier alpha value is -1.62. The quantitative estimate of drug-likeness (QED) is 0.262. The van der Waals surface area contributed by atoms with Crippen molar-refractivity contribution < 1.29 is 33.4 Å². The number of ether oxygens (including phenoxy) is 2. The van der Waals surface area contributed by atoms with E-state index in [0.29, 0.717) is 32.5 Å². The lowest BCUT2D eigenvalue weighted by Gasteiger charge is -2.19. The van der Waals surface area contributed by atoms with Crippen molar-refractivity contribution in [2.75, 3.05) is 38.5 Å². The van der Waals surface area contributed by atoms with Crippen molar-refractivity contribution in [3.63, 3.8) is 0 Å². The first-order valence-corrected chi connectivity index (χ1v) is 10.6. The summed E-state index contributed by atoms with van der Waals surface area (Å²) in [7, 11) is -4.02. The molecule has 0 saturated heterocycles. The average molecular weight is 421 g/mol. The van der Waals surface area contributed by atoms with Crippen LogP contribution in [-0.4, -0.2) is 64.2 Å². The molecule has 28 heavy (non-hydrogen) atoms. The van der Waals surface area contributed by atoms with Gasteiger partial charge in [0.1, 0.15) is 17.9 Å². The number of Topliss-reactive ketones (excluding diaryl/α,β-unsaturated/α-hetero) is 1. The van der Waals surface area contributed by atoms with Gasteiger partial charge < -0.3 is 34.5 Å². The molecule has 0 aliphatic carbocycles. The molecule has 0 amide bonds. The molecular formula is C16H28N3O8P. The van der Waals surface area contributed by atoms with Crippen LogP contribution in [0.2, 0.25) is 0 Å². The van der Waals surface area contributed by atoms with Crippen molar-refractivity contribution in [2.24, 2.45) is 0 Å². The zero-order chi connectivity index (χ0) is 21.0. The fraction of sp³-hybridized carbons (Fsp3) is 0.688. The number of carbonyl (C=O) groups excluding carboxylic acids is 1. The third-order valence-corrected chi connectivity index (χ3v) is 4.58. The van der Waals surface area contributed by atoms with Crippen LogP contribution < -0.4 is 11.4 Å². The minimum Gasteiger partial charge on any atom is -0.394 e. The molecule has 0 aliphatic rings.